The number of hydrogen-bond donors (Lipinski definition) is 0. The van der Waals surface area contributed by atoms with Crippen LogP contribution in [0.25, 0.3) is 160 Å². The minimum atomic E-state index is 0.839. The lowest BCUT2D eigenvalue weighted by Gasteiger charge is -2.13. The second-order valence-corrected chi connectivity index (χ2v) is 20.4. The monoisotopic (exact) mass is 981 g/mol. The van der Waals surface area contributed by atoms with Crippen LogP contribution in [0.4, 0.5) is 0 Å². The van der Waals surface area contributed by atoms with Crippen molar-refractivity contribution in [1.29, 1.82) is 0 Å². The van der Waals surface area contributed by atoms with Crippen molar-refractivity contribution in [1.82, 2.24) is 13.7 Å². The summed E-state index contributed by atoms with van der Waals surface area (Å²) in [6, 6.07) is 94.4. The summed E-state index contributed by atoms with van der Waals surface area (Å²) in [6.45, 7) is 0. The number of furan rings is 2. The molecule has 77 heavy (non-hydrogen) atoms. The zero-order chi connectivity index (χ0) is 50.3. The van der Waals surface area contributed by atoms with Crippen molar-refractivity contribution in [3.8, 4) is 50.4 Å². The van der Waals surface area contributed by atoms with Gasteiger partial charge in [0.05, 0.1) is 33.1 Å². The smallest absolute Gasteiger partial charge is 0.143 e. The molecule has 17 rings (SSSR count). The standard InChI is InChI=1S/C72H43N3O2/c1-7-28-63-52(20-1)53-21-2-8-29-64(53)73(63)48-19-14-16-44(39-48)45-34-36-69-60(40-45)62-43-50(75-67-32-11-5-24-56(67)57-25-6-12-33-68(57)75)42-59(72(62)77-69)47-18-13-17-46(38-47)51-26-15-27-58-61-41-49(35-37-70(61)76-71(51)58)74-65-30-9-3-22-54(65)55-23-4-10-31-66(55)74/h1-43H. The van der Waals surface area contributed by atoms with Gasteiger partial charge in [-0.3, -0.25) is 0 Å². The summed E-state index contributed by atoms with van der Waals surface area (Å²) in [7, 11) is 0. The molecule has 17 aromatic rings. The molecule has 0 fully saturated rings. The summed E-state index contributed by atoms with van der Waals surface area (Å²) in [5.41, 5.74) is 20.2. The second-order valence-electron chi connectivity index (χ2n) is 20.4. The van der Waals surface area contributed by atoms with Gasteiger partial charge in [-0.1, -0.05) is 164 Å². The number of nitrogens with zero attached hydrogens (tertiary/aromatic N) is 3. The van der Waals surface area contributed by atoms with Gasteiger partial charge in [0.2, 0.25) is 0 Å². The predicted molar refractivity (Wildman–Crippen MR) is 320 cm³/mol. The van der Waals surface area contributed by atoms with E-state index < -0.39 is 0 Å². The van der Waals surface area contributed by atoms with Crippen LogP contribution in [0.15, 0.2) is 270 Å². The van der Waals surface area contributed by atoms with Crippen LogP contribution in [0.5, 0.6) is 0 Å². The van der Waals surface area contributed by atoms with Crippen molar-refractivity contribution in [2.45, 2.75) is 0 Å². The molecule has 0 bridgehead atoms. The van der Waals surface area contributed by atoms with Gasteiger partial charge < -0.3 is 22.5 Å². The van der Waals surface area contributed by atoms with E-state index in [4.69, 9.17) is 8.83 Å². The van der Waals surface area contributed by atoms with Crippen molar-refractivity contribution in [2.24, 2.45) is 0 Å². The van der Waals surface area contributed by atoms with Crippen LogP contribution in [0.1, 0.15) is 0 Å². The molecule has 5 heterocycles. The maximum atomic E-state index is 7.07. The molecule has 0 aliphatic carbocycles. The Kier molecular flexibility index (Phi) is 8.77. The molecule has 0 atom stereocenters. The third kappa shape index (κ3) is 6.17. The van der Waals surface area contributed by atoms with Crippen LogP contribution in [0.2, 0.25) is 0 Å². The molecule has 0 saturated carbocycles. The highest BCUT2D eigenvalue weighted by Crippen LogP contribution is 2.45. The van der Waals surface area contributed by atoms with Crippen LogP contribution in [0, 0.1) is 0 Å². The van der Waals surface area contributed by atoms with E-state index in [2.05, 4.69) is 275 Å². The van der Waals surface area contributed by atoms with E-state index in [9.17, 15) is 0 Å². The zero-order valence-electron chi connectivity index (χ0n) is 41.5. The van der Waals surface area contributed by atoms with Crippen molar-refractivity contribution >= 4 is 109 Å². The highest BCUT2D eigenvalue weighted by Gasteiger charge is 2.22. The first kappa shape index (κ1) is 42.0. The molecule has 5 nitrogen and oxygen atoms in total. The molecule has 5 aromatic heterocycles. The first-order valence-corrected chi connectivity index (χ1v) is 26.3. The highest BCUT2D eigenvalue weighted by molar-refractivity contribution is 6.16. The molecule has 0 amide bonds. The number of benzene rings is 12. The van der Waals surface area contributed by atoms with Crippen molar-refractivity contribution in [3.63, 3.8) is 0 Å². The first-order valence-electron chi connectivity index (χ1n) is 26.3. The molecule has 0 saturated heterocycles. The Labute approximate surface area is 440 Å². The van der Waals surface area contributed by atoms with Gasteiger partial charge in [0.25, 0.3) is 0 Å². The fourth-order valence-electron chi connectivity index (χ4n) is 12.8. The molecule has 358 valence electrons. The molecule has 0 aliphatic heterocycles. The molecule has 0 radical (unpaired) electrons. The Morgan fingerprint density at radius 3 is 1.16 bits per heavy atom. The molecule has 0 aliphatic rings. The Hall–Kier alpha value is -10.4. The summed E-state index contributed by atoms with van der Waals surface area (Å²) in [6.07, 6.45) is 0. The maximum absolute atomic E-state index is 7.07. The quantitative estimate of drug-likeness (QED) is 0.167. The number of aromatic nitrogens is 3. The maximum Gasteiger partial charge on any atom is 0.143 e. The van der Waals surface area contributed by atoms with Gasteiger partial charge in [-0.25, -0.2) is 0 Å². The van der Waals surface area contributed by atoms with Gasteiger partial charge in [0.1, 0.15) is 22.3 Å². The molecule has 0 unspecified atom stereocenters. The lowest BCUT2D eigenvalue weighted by molar-refractivity contribution is 0.670. The topological polar surface area (TPSA) is 41.1 Å². The molecule has 12 aromatic carbocycles. The largest absolute Gasteiger partial charge is 0.455 e. The van der Waals surface area contributed by atoms with E-state index in [1.165, 1.54) is 54.4 Å². The molecule has 0 N–H and O–H groups in total. The Bertz CT molecular complexity index is 5150. The number of rotatable bonds is 6. The van der Waals surface area contributed by atoms with Crippen molar-refractivity contribution < 1.29 is 8.83 Å². The fourth-order valence-corrected chi connectivity index (χ4v) is 12.8. The van der Waals surface area contributed by atoms with Gasteiger partial charge in [0, 0.05) is 82.1 Å². The van der Waals surface area contributed by atoms with E-state index >= 15 is 0 Å². The van der Waals surface area contributed by atoms with Crippen molar-refractivity contribution in [3.05, 3.63) is 261 Å². The van der Waals surface area contributed by atoms with Crippen molar-refractivity contribution in [2.75, 3.05) is 0 Å². The van der Waals surface area contributed by atoms with Gasteiger partial charge in [0.15, 0.2) is 0 Å². The van der Waals surface area contributed by atoms with E-state index in [-0.39, 0.29) is 0 Å². The average Bonchev–Trinajstić information content (AvgIpc) is 4.42. The lowest BCUT2D eigenvalue weighted by atomic mass is 9.95. The molecule has 5 heteroatoms. The lowest BCUT2D eigenvalue weighted by Crippen LogP contribution is -1.95. The summed E-state index contributed by atoms with van der Waals surface area (Å²) < 4.78 is 21.1. The van der Waals surface area contributed by atoms with Crippen LogP contribution < -0.4 is 0 Å². The summed E-state index contributed by atoms with van der Waals surface area (Å²) >= 11 is 0. The first-order chi connectivity index (χ1) is 38.2. The van der Waals surface area contributed by atoms with E-state index in [0.29, 0.717) is 0 Å². The second kappa shape index (κ2) is 16.1. The Morgan fingerprint density at radius 1 is 0.208 bits per heavy atom. The van der Waals surface area contributed by atoms with Gasteiger partial charge in [-0.2, -0.15) is 0 Å². The number of fused-ring (bicyclic) bond motifs is 15. The minimum absolute atomic E-state index is 0.839. The third-order valence-corrected chi connectivity index (χ3v) is 16.2. The molecular formula is C72H43N3O2. The van der Waals surface area contributed by atoms with Gasteiger partial charge >= 0.3 is 0 Å². The molecular weight excluding hydrogens is 939 g/mol. The summed E-state index contributed by atoms with van der Waals surface area (Å²) in [4.78, 5) is 0. The number of para-hydroxylation sites is 7. The van der Waals surface area contributed by atoms with E-state index in [1.54, 1.807) is 0 Å². The summed E-state index contributed by atoms with van der Waals surface area (Å²) in [5, 5.41) is 11.7. The van der Waals surface area contributed by atoms with Gasteiger partial charge in [-0.05, 0) is 119 Å². The fraction of sp³-hybridized carbons (Fsp3) is 0. The SMILES string of the molecule is c1cc(-c2cccc3c2oc2ccc(-n4c5ccccc5c5ccccc54)cc23)cc(-c2cc(-n3c4ccccc4c4ccccc43)cc3c2oc2ccc(-c4cccc(-n5c6ccccc6c6ccccc65)c4)cc23)c1. The van der Waals surface area contributed by atoms with E-state index in [1.807, 2.05) is 0 Å². The Balaban J connectivity index is 0.842. The van der Waals surface area contributed by atoms with Crippen LogP contribution in [0.3, 0.4) is 0 Å². The summed E-state index contributed by atoms with van der Waals surface area (Å²) in [5.74, 6) is 0. The predicted octanol–water partition coefficient (Wildman–Crippen LogP) is 19.8. The minimum Gasteiger partial charge on any atom is -0.455 e. The van der Waals surface area contributed by atoms with Crippen LogP contribution >= 0.6 is 0 Å². The van der Waals surface area contributed by atoms with E-state index in [0.717, 1.165) is 105 Å². The number of hydrogen-bond acceptors (Lipinski definition) is 2. The molecule has 0 spiro atoms. The highest BCUT2D eigenvalue weighted by atomic mass is 16.3. The Morgan fingerprint density at radius 2 is 0.597 bits per heavy atom. The van der Waals surface area contributed by atoms with Crippen LogP contribution in [-0.2, 0) is 0 Å². The third-order valence-electron chi connectivity index (χ3n) is 16.2. The van der Waals surface area contributed by atoms with Crippen LogP contribution in [-0.4, -0.2) is 13.7 Å². The average molecular weight is 982 g/mol. The normalized spacial score (nSPS) is 12.2. The zero-order valence-corrected chi connectivity index (χ0v) is 41.5. The van der Waals surface area contributed by atoms with Gasteiger partial charge in [-0.15, -0.1) is 0 Å².